The summed E-state index contributed by atoms with van der Waals surface area (Å²) in [6.07, 6.45) is 0.402. The lowest BCUT2D eigenvalue weighted by Crippen LogP contribution is -2.39. The van der Waals surface area contributed by atoms with Crippen LogP contribution in [-0.4, -0.2) is 47.6 Å². The third-order valence-corrected chi connectivity index (χ3v) is 5.16. The zero-order valence-electron chi connectivity index (χ0n) is 14.9. The number of amides is 2. The van der Waals surface area contributed by atoms with Gasteiger partial charge in [0.1, 0.15) is 0 Å². The van der Waals surface area contributed by atoms with E-state index < -0.39 is 27.8 Å². The van der Waals surface area contributed by atoms with Crippen LogP contribution in [0.4, 0.5) is 0 Å². The van der Waals surface area contributed by atoms with E-state index in [9.17, 15) is 13.8 Å². The van der Waals surface area contributed by atoms with Crippen molar-refractivity contribution in [1.82, 2.24) is 9.62 Å². The van der Waals surface area contributed by atoms with Crippen LogP contribution in [0.3, 0.4) is 0 Å². The molecule has 0 aliphatic heterocycles. The van der Waals surface area contributed by atoms with Gasteiger partial charge in [-0.2, -0.15) is 0 Å². The number of hydrogen-bond acceptors (Lipinski definition) is 5. The van der Waals surface area contributed by atoms with E-state index in [-0.39, 0.29) is 17.4 Å². The summed E-state index contributed by atoms with van der Waals surface area (Å²) in [5.74, 6) is -1.06. The number of carbonyl (C=O) groups is 2. The summed E-state index contributed by atoms with van der Waals surface area (Å²) >= 11 is 5.94. The van der Waals surface area contributed by atoms with Gasteiger partial charge in [0, 0.05) is 5.02 Å². The SMILES string of the molecule is CC(C)CC(N)C(=O)N=S(=O)(NC(=O)CN(C)C)c1cccc(Cl)c1. The van der Waals surface area contributed by atoms with Gasteiger partial charge in [-0.05, 0) is 44.6 Å². The van der Waals surface area contributed by atoms with Gasteiger partial charge in [0.25, 0.3) is 5.91 Å². The predicted molar refractivity (Wildman–Crippen MR) is 99.4 cm³/mol. The highest BCUT2D eigenvalue weighted by atomic mass is 35.5. The molecule has 7 nitrogen and oxygen atoms in total. The van der Waals surface area contributed by atoms with Crippen molar-refractivity contribution in [1.29, 1.82) is 0 Å². The maximum absolute atomic E-state index is 13.3. The number of likely N-dealkylation sites (N-methyl/N-ethyl adjacent to an activating group) is 1. The Morgan fingerprint density at radius 1 is 1.36 bits per heavy atom. The molecule has 2 amide bonds. The molecular weight excluding hydrogens is 364 g/mol. The second-order valence-electron chi connectivity index (χ2n) is 6.41. The summed E-state index contributed by atoms with van der Waals surface area (Å²) in [5, 5.41) is 0.321. The van der Waals surface area contributed by atoms with Crippen molar-refractivity contribution in [3.8, 4) is 0 Å². The van der Waals surface area contributed by atoms with Gasteiger partial charge in [-0.25, -0.2) is 4.21 Å². The average molecular weight is 389 g/mol. The first-order chi connectivity index (χ1) is 11.5. The van der Waals surface area contributed by atoms with Crippen LogP contribution in [0.1, 0.15) is 20.3 Å². The number of carbonyl (C=O) groups excluding carboxylic acids is 2. The Kier molecular flexibility index (Phi) is 8.01. The summed E-state index contributed by atoms with van der Waals surface area (Å²) in [7, 11) is -0.138. The maximum Gasteiger partial charge on any atom is 0.272 e. The fourth-order valence-corrected chi connectivity index (χ4v) is 3.89. The van der Waals surface area contributed by atoms with E-state index in [1.165, 1.54) is 12.1 Å². The second kappa shape index (κ2) is 9.28. The minimum absolute atomic E-state index is 0.000681. The van der Waals surface area contributed by atoms with E-state index in [0.717, 1.165) is 0 Å². The van der Waals surface area contributed by atoms with Crippen molar-refractivity contribution < 1.29 is 13.8 Å². The highest BCUT2D eigenvalue weighted by Gasteiger charge is 2.22. The van der Waals surface area contributed by atoms with Crippen molar-refractivity contribution >= 4 is 33.3 Å². The molecule has 25 heavy (non-hydrogen) atoms. The summed E-state index contributed by atoms with van der Waals surface area (Å²) in [4.78, 5) is 26.1. The fourth-order valence-electron chi connectivity index (χ4n) is 2.05. The van der Waals surface area contributed by atoms with Crippen LogP contribution in [0.5, 0.6) is 0 Å². The molecular formula is C16H25ClN4O3S. The molecule has 0 aromatic heterocycles. The Labute approximate surface area is 154 Å². The molecule has 0 bridgehead atoms. The van der Waals surface area contributed by atoms with Gasteiger partial charge in [0.05, 0.1) is 17.5 Å². The molecule has 0 aliphatic rings. The van der Waals surface area contributed by atoms with E-state index in [1.54, 1.807) is 31.1 Å². The Balaban J connectivity index is 3.27. The van der Waals surface area contributed by atoms with E-state index in [1.807, 2.05) is 13.8 Å². The molecule has 0 saturated carbocycles. The molecule has 0 spiro atoms. The van der Waals surface area contributed by atoms with Gasteiger partial charge >= 0.3 is 0 Å². The predicted octanol–water partition coefficient (Wildman–Crippen LogP) is 1.66. The van der Waals surface area contributed by atoms with Crippen molar-refractivity contribution in [2.75, 3.05) is 20.6 Å². The van der Waals surface area contributed by atoms with E-state index >= 15 is 0 Å². The molecule has 9 heteroatoms. The minimum Gasteiger partial charge on any atom is -0.320 e. The van der Waals surface area contributed by atoms with Crippen molar-refractivity contribution in [2.24, 2.45) is 16.0 Å². The molecule has 2 atom stereocenters. The number of nitrogens with zero attached hydrogens (tertiary/aromatic N) is 2. The smallest absolute Gasteiger partial charge is 0.272 e. The molecule has 0 fully saturated rings. The lowest BCUT2D eigenvalue weighted by molar-refractivity contribution is -0.120. The van der Waals surface area contributed by atoms with E-state index in [0.29, 0.717) is 11.4 Å². The standard InChI is InChI=1S/C16H25ClN4O3S/c1-11(2)8-14(18)16(23)20-25(24,19-15(22)10-21(3)4)13-7-5-6-12(17)9-13/h5-7,9,11,14H,8,10,18H2,1-4H3,(H,19,20,22,23,24). The monoisotopic (exact) mass is 388 g/mol. The molecule has 1 rings (SSSR count). The summed E-state index contributed by atoms with van der Waals surface area (Å²) < 4.78 is 19.4. The first-order valence-electron chi connectivity index (χ1n) is 7.81. The second-order valence-corrected chi connectivity index (χ2v) is 8.76. The molecule has 0 saturated heterocycles. The Morgan fingerprint density at radius 2 is 2.00 bits per heavy atom. The topological polar surface area (TPSA) is 105 Å². The van der Waals surface area contributed by atoms with Gasteiger partial charge < -0.3 is 10.6 Å². The Morgan fingerprint density at radius 3 is 2.52 bits per heavy atom. The maximum atomic E-state index is 13.3. The number of benzene rings is 1. The zero-order chi connectivity index (χ0) is 19.2. The van der Waals surface area contributed by atoms with Crippen LogP contribution >= 0.6 is 11.6 Å². The third-order valence-electron chi connectivity index (χ3n) is 3.09. The van der Waals surface area contributed by atoms with Crippen LogP contribution in [0.2, 0.25) is 5.02 Å². The van der Waals surface area contributed by atoms with Gasteiger partial charge in [0.15, 0.2) is 9.92 Å². The molecule has 0 heterocycles. The van der Waals surface area contributed by atoms with Gasteiger partial charge in [-0.3, -0.25) is 14.3 Å². The number of nitrogens with one attached hydrogen (secondary N) is 1. The first kappa shape index (κ1) is 21.6. The molecule has 140 valence electrons. The van der Waals surface area contributed by atoms with Crippen LogP contribution in [0.25, 0.3) is 0 Å². The first-order valence-corrected chi connectivity index (χ1v) is 9.70. The van der Waals surface area contributed by atoms with Gasteiger partial charge in [-0.15, -0.1) is 4.36 Å². The number of halogens is 1. The van der Waals surface area contributed by atoms with Crippen molar-refractivity contribution in [2.45, 2.75) is 31.2 Å². The Hall–Kier alpha value is -1.48. The van der Waals surface area contributed by atoms with Crippen LogP contribution in [0.15, 0.2) is 33.5 Å². The number of hydrogen-bond donors (Lipinski definition) is 2. The summed E-state index contributed by atoms with van der Waals surface area (Å²) in [6, 6.07) is 5.19. The average Bonchev–Trinajstić information content (AvgIpc) is 2.45. The third kappa shape index (κ3) is 7.11. The zero-order valence-corrected chi connectivity index (χ0v) is 16.4. The van der Waals surface area contributed by atoms with Gasteiger partial charge in [0.2, 0.25) is 5.91 Å². The Bertz CT molecular complexity index is 743. The molecule has 2 unspecified atom stereocenters. The molecule has 3 N–H and O–H groups in total. The fraction of sp³-hybridized carbons (Fsp3) is 0.500. The lowest BCUT2D eigenvalue weighted by Gasteiger charge is -2.16. The quantitative estimate of drug-likeness (QED) is 0.739. The van der Waals surface area contributed by atoms with Crippen LogP contribution in [0, 0.1) is 5.92 Å². The van der Waals surface area contributed by atoms with Crippen molar-refractivity contribution in [3.63, 3.8) is 0 Å². The molecule has 0 aliphatic carbocycles. The van der Waals surface area contributed by atoms with E-state index in [2.05, 4.69) is 9.08 Å². The molecule has 1 aromatic rings. The number of rotatable bonds is 7. The summed E-state index contributed by atoms with van der Waals surface area (Å²) in [5.41, 5.74) is 5.83. The van der Waals surface area contributed by atoms with Gasteiger partial charge in [-0.1, -0.05) is 31.5 Å². The van der Waals surface area contributed by atoms with Crippen LogP contribution < -0.4 is 10.5 Å². The largest absolute Gasteiger partial charge is 0.320 e. The van der Waals surface area contributed by atoms with Crippen LogP contribution in [-0.2, 0) is 19.5 Å². The number of nitrogens with two attached hydrogens (primary N) is 1. The lowest BCUT2D eigenvalue weighted by atomic mass is 10.0. The molecule has 1 aromatic carbocycles. The summed E-state index contributed by atoms with van der Waals surface area (Å²) in [6.45, 7) is 3.83. The normalized spacial score (nSPS) is 14.9. The van der Waals surface area contributed by atoms with Crippen molar-refractivity contribution in [3.05, 3.63) is 29.3 Å². The highest BCUT2D eigenvalue weighted by Crippen LogP contribution is 2.18. The minimum atomic E-state index is -3.53. The van der Waals surface area contributed by atoms with E-state index in [4.69, 9.17) is 17.3 Å². The molecule has 0 radical (unpaired) electrons. The highest BCUT2D eigenvalue weighted by molar-refractivity contribution is 7.92.